The van der Waals surface area contributed by atoms with E-state index in [4.69, 9.17) is 20.2 Å². The average molecular weight is 600 g/mol. The highest BCUT2D eigenvalue weighted by Gasteiger charge is 2.18. The Bertz CT molecular complexity index is 1490. The van der Waals surface area contributed by atoms with E-state index < -0.39 is 5.91 Å². The molecule has 8 nitrogen and oxygen atoms in total. The van der Waals surface area contributed by atoms with Gasteiger partial charge in [-0.3, -0.25) is 9.59 Å². The molecule has 0 aliphatic rings. The number of benzene rings is 3. The summed E-state index contributed by atoms with van der Waals surface area (Å²) in [6.45, 7) is 1.88. The van der Waals surface area contributed by atoms with Crippen LogP contribution in [0.4, 0.5) is 0 Å². The predicted molar refractivity (Wildman–Crippen MR) is 142 cm³/mol. The molecule has 0 radical (unpaired) electrons. The first kappa shape index (κ1) is 24.6. The molecule has 4 rings (SSSR count). The van der Waals surface area contributed by atoms with Gasteiger partial charge in [-0.15, -0.1) is 0 Å². The number of nitrogens with zero attached hydrogens (tertiary/aromatic N) is 3. The molecule has 1 heterocycles. The van der Waals surface area contributed by atoms with Crippen molar-refractivity contribution in [1.82, 2.24) is 9.66 Å². The molecule has 0 aliphatic carbocycles. The molecule has 1 amide bonds. The minimum atomic E-state index is -0.613. The van der Waals surface area contributed by atoms with E-state index in [0.717, 1.165) is 5.56 Å². The van der Waals surface area contributed by atoms with Gasteiger partial charge in [-0.25, -0.2) is 4.98 Å². The second-order valence-electron chi connectivity index (χ2n) is 7.29. The number of hydrogen-bond acceptors (Lipinski definition) is 6. The maximum atomic E-state index is 13.4. The van der Waals surface area contributed by atoms with Crippen LogP contribution in [0.15, 0.2) is 79.5 Å². The Balaban J connectivity index is 1.86. The predicted octanol–water partition coefficient (Wildman–Crippen LogP) is 4.73. The second-order valence-corrected chi connectivity index (χ2v) is 8.88. The van der Waals surface area contributed by atoms with E-state index in [0.29, 0.717) is 49.3 Å². The van der Waals surface area contributed by atoms with Crippen molar-refractivity contribution in [3.05, 3.63) is 85.5 Å². The molecule has 0 saturated carbocycles. The Hall–Kier alpha value is -3.50. The van der Waals surface area contributed by atoms with Crippen LogP contribution in [0.25, 0.3) is 22.3 Å². The maximum Gasteiger partial charge on any atom is 0.282 e. The molecule has 0 atom stereocenters. The van der Waals surface area contributed by atoms with Crippen molar-refractivity contribution in [3.8, 4) is 22.9 Å². The van der Waals surface area contributed by atoms with Crippen LogP contribution in [-0.2, 0) is 4.79 Å². The fourth-order valence-electron chi connectivity index (χ4n) is 3.36. The number of amides is 1. The maximum absolute atomic E-state index is 13.4. The van der Waals surface area contributed by atoms with Gasteiger partial charge < -0.3 is 15.2 Å². The van der Waals surface area contributed by atoms with Crippen molar-refractivity contribution in [3.63, 3.8) is 0 Å². The summed E-state index contributed by atoms with van der Waals surface area (Å²) in [5, 5.41) is 4.96. The number of carbonyl (C=O) groups excluding carboxylic acids is 1. The van der Waals surface area contributed by atoms with E-state index in [1.807, 2.05) is 43.3 Å². The van der Waals surface area contributed by atoms with Crippen molar-refractivity contribution < 1.29 is 14.3 Å². The van der Waals surface area contributed by atoms with E-state index >= 15 is 0 Å². The van der Waals surface area contributed by atoms with Crippen LogP contribution in [-0.4, -0.2) is 35.0 Å². The quantitative estimate of drug-likeness (QED) is 0.294. The number of aromatic nitrogens is 2. The van der Waals surface area contributed by atoms with Gasteiger partial charge in [0.05, 0.1) is 28.2 Å². The van der Waals surface area contributed by atoms with Gasteiger partial charge in [0.25, 0.3) is 11.5 Å². The van der Waals surface area contributed by atoms with E-state index in [2.05, 4.69) is 37.0 Å². The fraction of sp³-hybridized carbons (Fsp3) is 0.120. The monoisotopic (exact) mass is 598 g/mol. The summed E-state index contributed by atoms with van der Waals surface area (Å²) < 4.78 is 13.6. The minimum absolute atomic E-state index is 0.299. The number of rotatable bonds is 8. The van der Waals surface area contributed by atoms with Crippen LogP contribution in [0.5, 0.6) is 11.5 Å². The lowest BCUT2D eigenvalue weighted by atomic mass is 10.2. The molecule has 0 bridgehead atoms. The first-order chi connectivity index (χ1) is 16.9. The summed E-state index contributed by atoms with van der Waals surface area (Å²) in [4.78, 5) is 29.3. The molecule has 10 heteroatoms. The zero-order chi connectivity index (χ0) is 24.9. The summed E-state index contributed by atoms with van der Waals surface area (Å²) in [7, 11) is 0. The summed E-state index contributed by atoms with van der Waals surface area (Å²) in [6.07, 6.45) is 1.53. The lowest BCUT2D eigenvalue weighted by molar-refractivity contribution is -0.119. The van der Waals surface area contributed by atoms with Crippen LogP contribution < -0.4 is 20.8 Å². The molecule has 178 valence electrons. The number of carbonyl (C=O) groups is 1. The Morgan fingerprint density at radius 2 is 1.80 bits per heavy atom. The number of fused-ring (bicyclic) bond motifs is 1. The molecule has 4 aromatic rings. The van der Waals surface area contributed by atoms with E-state index in [1.165, 1.54) is 10.9 Å². The first-order valence-electron chi connectivity index (χ1n) is 10.6. The second kappa shape index (κ2) is 10.8. The molecule has 1 aromatic heterocycles. The fourth-order valence-corrected chi connectivity index (χ4v) is 4.30. The van der Waals surface area contributed by atoms with Gasteiger partial charge in [0.1, 0.15) is 0 Å². The van der Waals surface area contributed by atoms with E-state index in [-0.39, 0.29) is 12.2 Å². The number of ether oxygens (including phenoxy) is 2. The third-order valence-corrected chi connectivity index (χ3v) is 7.06. The number of nitrogens with two attached hydrogens (primary N) is 1. The Morgan fingerprint density at radius 3 is 2.51 bits per heavy atom. The standard InChI is InChI=1S/C25H20Br2N4O4/c1-2-34-19-12-16(21(26)22(27)23(19)35-14-20(28)32)13-29-31-24(15-8-4-3-5-9-15)30-18-11-7-6-10-17(18)25(31)33/h3-13H,2,14H2,1H3,(H2,28,32). The summed E-state index contributed by atoms with van der Waals surface area (Å²) in [5.41, 5.74) is 6.86. The molecule has 0 fully saturated rings. The average Bonchev–Trinajstić information content (AvgIpc) is 2.86. The Kier molecular flexibility index (Phi) is 7.62. The number of para-hydroxylation sites is 1. The first-order valence-corrected chi connectivity index (χ1v) is 12.2. The zero-order valence-corrected chi connectivity index (χ0v) is 21.7. The van der Waals surface area contributed by atoms with Crippen LogP contribution in [0, 0.1) is 0 Å². The molecule has 0 unspecified atom stereocenters. The minimum Gasteiger partial charge on any atom is -0.490 e. The summed E-state index contributed by atoms with van der Waals surface area (Å²) in [5.74, 6) is 0.506. The molecule has 0 saturated heterocycles. The van der Waals surface area contributed by atoms with Crippen molar-refractivity contribution in [2.24, 2.45) is 10.8 Å². The van der Waals surface area contributed by atoms with Crippen LogP contribution in [0.3, 0.4) is 0 Å². The number of primary amides is 1. The Labute approximate surface area is 217 Å². The normalized spacial score (nSPS) is 11.2. The molecule has 2 N–H and O–H groups in total. The summed E-state index contributed by atoms with van der Waals surface area (Å²) in [6, 6.07) is 18.2. The highest BCUT2D eigenvalue weighted by atomic mass is 79.9. The van der Waals surface area contributed by atoms with Gasteiger partial charge in [-0.1, -0.05) is 42.5 Å². The topological polar surface area (TPSA) is 109 Å². The molecule has 0 aliphatic heterocycles. The van der Waals surface area contributed by atoms with Gasteiger partial charge >= 0.3 is 0 Å². The van der Waals surface area contributed by atoms with Crippen LogP contribution in [0.1, 0.15) is 12.5 Å². The third-order valence-electron chi connectivity index (χ3n) is 4.91. The van der Waals surface area contributed by atoms with Crippen molar-refractivity contribution >= 4 is 54.9 Å². The van der Waals surface area contributed by atoms with Gasteiger partial charge in [0, 0.05) is 15.6 Å². The van der Waals surface area contributed by atoms with Crippen molar-refractivity contribution in [1.29, 1.82) is 0 Å². The largest absolute Gasteiger partial charge is 0.490 e. The van der Waals surface area contributed by atoms with Crippen LogP contribution >= 0.6 is 31.9 Å². The van der Waals surface area contributed by atoms with E-state index in [1.54, 1.807) is 24.3 Å². The highest BCUT2D eigenvalue weighted by Crippen LogP contribution is 2.42. The molecular formula is C25H20Br2N4O4. The summed E-state index contributed by atoms with van der Waals surface area (Å²) >= 11 is 7.01. The highest BCUT2D eigenvalue weighted by molar-refractivity contribution is 9.13. The third kappa shape index (κ3) is 5.28. The van der Waals surface area contributed by atoms with Crippen molar-refractivity contribution in [2.75, 3.05) is 13.2 Å². The molecule has 3 aromatic carbocycles. The molecule has 35 heavy (non-hydrogen) atoms. The van der Waals surface area contributed by atoms with Gasteiger partial charge in [0.2, 0.25) is 0 Å². The smallest absolute Gasteiger partial charge is 0.282 e. The zero-order valence-electron chi connectivity index (χ0n) is 18.6. The number of hydrogen-bond donors (Lipinski definition) is 1. The SMILES string of the molecule is CCOc1cc(C=Nn2c(-c3ccccc3)nc3ccccc3c2=O)c(Br)c(Br)c1OCC(N)=O. The van der Waals surface area contributed by atoms with Gasteiger partial charge in [-0.2, -0.15) is 9.78 Å². The Morgan fingerprint density at radius 1 is 1.09 bits per heavy atom. The van der Waals surface area contributed by atoms with Crippen LogP contribution in [0.2, 0.25) is 0 Å². The lowest BCUT2D eigenvalue weighted by Gasteiger charge is -2.15. The molecule has 0 spiro atoms. The number of halogens is 2. The lowest BCUT2D eigenvalue weighted by Crippen LogP contribution is -2.21. The van der Waals surface area contributed by atoms with Crippen molar-refractivity contribution in [2.45, 2.75) is 6.92 Å². The van der Waals surface area contributed by atoms with Gasteiger partial charge in [0.15, 0.2) is 23.9 Å². The molecular weight excluding hydrogens is 580 g/mol. The van der Waals surface area contributed by atoms with Gasteiger partial charge in [-0.05, 0) is 57.0 Å². The van der Waals surface area contributed by atoms with E-state index in [9.17, 15) is 9.59 Å².